The molecule has 0 aromatic heterocycles. The summed E-state index contributed by atoms with van der Waals surface area (Å²) >= 11 is 0. The summed E-state index contributed by atoms with van der Waals surface area (Å²) in [7, 11) is 0. The third-order valence-electron chi connectivity index (χ3n) is 4.69. The fraction of sp³-hybridized carbons (Fsp3) is 0.933. The zero-order valence-corrected chi connectivity index (χ0v) is 12.1. The number of hydrogen-bond acceptors (Lipinski definition) is 3. The zero-order valence-electron chi connectivity index (χ0n) is 12.1. The average molecular weight is 268 g/mol. The van der Waals surface area contributed by atoms with E-state index in [9.17, 15) is 4.79 Å². The molecule has 2 fully saturated rings. The molecule has 0 aromatic carbocycles. The van der Waals surface area contributed by atoms with Crippen molar-refractivity contribution < 1.29 is 9.53 Å². The second-order valence-electron chi connectivity index (χ2n) is 6.02. The standard InChI is InChI=1S/C15H28N2O2/c1-2-14-11(8-9-19-14)10-17-15(18)12-6-4-3-5-7-13(12)16/h11-14H,2-10,16H2,1H3,(H,17,18). The maximum Gasteiger partial charge on any atom is 0.224 e. The molecule has 0 bridgehead atoms. The Morgan fingerprint density at radius 3 is 2.84 bits per heavy atom. The average Bonchev–Trinajstić information content (AvgIpc) is 2.76. The fourth-order valence-corrected chi connectivity index (χ4v) is 3.40. The van der Waals surface area contributed by atoms with Crippen LogP contribution in [0, 0.1) is 11.8 Å². The first-order chi connectivity index (χ1) is 9.22. The van der Waals surface area contributed by atoms with Gasteiger partial charge >= 0.3 is 0 Å². The number of rotatable bonds is 4. The van der Waals surface area contributed by atoms with E-state index >= 15 is 0 Å². The molecule has 19 heavy (non-hydrogen) atoms. The monoisotopic (exact) mass is 268 g/mol. The molecular weight excluding hydrogens is 240 g/mol. The molecule has 0 aromatic rings. The molecule has 4 atom stereocenters. The number of nitrogens with one attached hydrogen (secondary N) is 1. The maximum atomic E-state index is 12.3. The number of amides is 1. The minimum absolute atomic E-state index is 0.0184. The first-order valence-corrected chi connectivity index (χ1v) is 7.87. The van der Waals surface area contributed by atoms with Crippen molar-refractivity contribution in [1.82, 2.24) is 5.32 Å². The minimum atomic E-state index is 0.0184. The number of carbonyl (C=O) groups excluding carboxylic acids is 1. The van der Waals surface area contributed by atoms with E-state index in [1.165, 1.54) is 12.8 Å². The molecular formula is C15H28N2O2. The van der Waals surface area contributed by atoms with E-state index < -0.39 is 0 Å². The van der Waals surface area contributed by atoms with Crippen molar-refractivity contribution in [3.05, 3.63) is 0 Å². The van der Waals surface area contributed by atoms with E-state index in [0.717, 1.165) is 45.3 Å². The molecule has 4 unspecified atom stereocenters. The smallest absolute Gasteiger partial charge is 0.224 e. The quantitative estimate of drug-likeness (QED) is 0.765. The van der Waals surface area contributed by atoms with Crippen molar-refractivity contribution in [3.8, 4) is 0 Å². The Morgan fingerprint density at radius 1 is 1.26 bits per heavy atom. The van der Waals surface area contributed by atoms with Crippen molar-refractivity contribution in [2.24, 2.45) is 17.6 Å². The molecule has 1 heterocycles. The molecule has 4 nitrogen and oxygen atoms in total. The number of hydrogen-bond donors (Lipinski definition) is 2. The van der Waals surface area contributed by atoms with Gasteiger partial charge in [-0.25, -0.2) is 0 Å². The van der Waals surface area contributed by atoms with Crippen LogP contribution in [0.1, 0.15) is 51.9 Å². The fourth-order valence-electron chi connectivity index (χ4n) is 3.40. The summed E-state index contributed by atoms with van der Waals surface area (Å²) in [5.74, 6) is 0.664. The SMILES string of the molecule is CCC1OCCC1CNC(=O)C1CCCCCC1N. The number of nitrogens with two attached hydrogens (primary N) is 1. The van der Waals surface area contributed by atoms with E-state index in [1.54, 1.807) is 0 Å². The molecule has 4 heteroatoms. The summed E-state index contributed by atoms with van der Waals surface area (Å²) in [5, 5.41) is 3.12. The third-order valence-corrected chi connectivity index (χ3v) is 4.69. The van der Waals surface area contributed by atoms with Crippen LogP contribution in [0.25, 0.3) is 0 Å². The Bertz CT molecular complexity index is 296. The summed E-state index contributed by atoms with van der Waals surface area (Å²) in [4.78, 5) is 12.3. The zero-order chi connectivity index (χ0) is 13.7. The summed E-state index contributed by atoms with van der Waals surface area (Å²) in [6.45, 7) is 3.73. The van der Waals surface area contributed by atoms with E-state index in [0.29, 0.717) is 12.0 Å². The summed E-state index contributed by atoms with van der Waals surface area (Å²) in [5.41, 5.74) is 6.13. The maximum absolute atomic E-state index is 12.3. The predicted octanol–water partition coefficient (Wildman–Crippen LogP) is 1.83. The Hall–Kier alpha value is -0.610. The molecule has 2 rings (SSSR count). The van der Waals surface area contributed by atoms with Gasteiger partial charge in [0.15, 0.2) is 0 Å². The number of ether oxygens (including phenoxy) is 1. The van der Waals surface area contributed by atoms with Gasteiger partial charge in [-0.3, -0.25) is 4.79 Å². The van der Waals surface area contributed by atoms with Crippen molar-refractivity contribution in [3.63, 3.8) is 0 Å². The second-order valence-corrected chi connectivity index (χ2v) is 6.02. The first-order valence-electron chi connectivity index (χ1n) is 7.87. The molecule has 1 amide bonds. The molecule has 110 valence electrons. The summed E-state index contributed by atoms with van der Waals surface area (Å²) < 4.78 is 5.66. The molecule has 1 saturated heterocycles. The van der Waals surface area contributed by atoms with Crippen molar-refractivity contribution >= 4 is 5.91 Å². The highest BCUT2D eigenvalue weighted by atomic mass is 16.5. The molecule has 2 aliphatic rings. The Labute approximate surface area is 116 Å². The van der Waals surface area contributed by atoms with Gasteiger partial charge in [-0.2, -0.15) is 0 Å². The lowest BCUT2D eigenvalue weighted by Gasteiger charge is -2.23. The van der Waals surface area contributed by atoms with Gasteiger partial charge in [0.05, 0.1) is 12.0 Å². The predicted molar refractivity (Wildman–Crippen MR) is 75.7 cm³/mol. The van der Waals surface area contributed by atoms with Crippen LogP contribution in [0.4, 0.5) is 0 Å². The van der Waals surface area contributed by atoms with Gasteiger partial charge in [0.2, 0.25) is 5.91 Å². The van der Waals surface area contributed by atoms with Gasteiger partial charge < -0.3 is 15.8 Å². The van der Waals surface area contributed by atoms with E-state index in [-0.39, 0.29) is 17.9 Å². The summed E-state index contributed by atoms with van der Waals surface area (Å²) in [6, 6.07) is 0.0456. The van der Waals surface area contributed by atoms with Gasteiger partial charge in [-0.1, -0.05) is 26.2 Å². The minimum Gasteiger partial charge on any atom is -0.378 e. The van der Waals surface area contributed by atoms with Crippen LogP contribution in [-0.4, -0.2) is 31.2 Å². The van der Waals surface area contributed by atoms with Crippen LogP contribution in [0.5, 0.6) is 0 Å². The molecule has 3 N–H and O–H groups in total. The van der Waals surface area contributed by atoms with Crippen LogP contribution >= 0.6 is 0 Å². The van der Waals surface area contributed by atoms with Gasteiger partial charge in [-0.15, -0.1) is 0 Å². The van der Waals surface area contributed by atoms with Crippen molar-refractivity contribution in [2.75, 3.05) is 13.2 Å². The molecule has 0 radical (unpaired) electrons. The second kappa shape index (κ2) is 7.25. The van der Waals surface area contributed by atoms with Gasteiger partial charge in [0.1, 0.15) is 0 Å². The normalized spacial score (nSPS) is 35.9. The Balaban J connectivity index is 1.79. The van der Waals surface area contributed by atoms with Crippen LogP contribution in [0.3, 0.4) is 0 Å². The van der Waals surface area contributed by atoms with Crippen LogP contribution in [-0.2, 0) is 9.53 Å². The van der Waals surface area contributed by atoms with E-state index in [2.05, 4.69) is 12.2 Å². The van der Waals surface area contributed by atoms with Gasteiger partial charge in [-0.05, 0) is 25.7 Å². The third kappa shape index (κ3) is 3.93. The van der Waals surface area contributed by atoms with Crippen molar-refractivity contribution in [2.45, 2.75) is 64.0 Å². The highest BCUT2D eigenvalue weighted by Crippen LogP contribution is 2.24. The Kier molecular flexibility index (Phi) is 5.64. The molecule has 0 spiro atoms. The highest BCUT2D eigenvalue weighted by molar-refractivity contribution is 5.79. The highest BCUT2D eigenvalue weighted by Gasteiger charge is 2.30. The first kappa shape index (κ1) is 14.8. The molecule has 1 saturated carbocycles. The van der Waals surface area contributed by atoms with E-state index in [1.807, 2.05) is 0 Å². The topological polar surface area (TPSA) is 64.3 Å². The lowest BCUT2D eigenvalue weighted by Crippen LogP contribution is -2.43. The van der Waals surface area contributed by atoms with Gasteiger partial charge in [0, 0.05) is 25.1 Å². The Morgan fingerprint density at radius 2 is 2.05 bits per heavy atom. The summed E-state index contributed by atoms with van der Waals surface area (Å²) in [6.07, 6.45) is 7.87. The largest absolute Gasteiger partial charge is 0.378 e. The molecule has 1 aliphatic heterocycles. The van der Waals surface area contributed by atoms with Crippen LogP contribution in [0.15, 0.2) is 0 Å². The number of carbonyl (C=O) groups is 1. The van der Waals surface area contributed by atoms with E-state index in [4.69, 9.17) is 10.5 Å². The lowest BCUT2D eigenvalue weighted by molar-refractivity contribution is -0.126. The van der Waals surface area contributed by atoms with Gasteiger partial charge in [0.25, 0.3) is 0 Å². The van der Waals surface area contributed by atoms with Crippen molar-refractivity contribution in [1.29, 1.82) is 0 Å². The van der Waals surface area contributed by atoms with Crippen LogP contribution in [0.2, 0.25) is 0 Å². The molecule has 1 aliphatic carbocycles. The lowest BCUT2D eigenvalue weighted by atomic mass is 9.93. The van der Waals surface area contributed by atoms with Crippen LogP contribution < -0.4 is 11.1 Å².